The van der Waals surface area contributed by atoms with Gasteiger partial charge in [0.05, 0.1) is 12.7 Å². The average molecular weight is 270 g/mol. The first-order valence-electron chi connectivity index (χ1n) is 6.24. The quantitative estimate of drug-likeness (QED) is 0.894. The third kappa shape index (κ3) is 2.48. The van der Waals surface area contributed by atoms with Gasteiger partial charge in [-0.05, 0) is 49.4 Å². The van der Waals surface area contributed by atoms with E-state index >= 15 is 0 Å². The van der Waals surface area contributed by atoms with Crippen LogP contribution in [0.3, 0.4) is 0 Å². The van der Waals surface area contributed by atoms with E-state index in [1.807, 2.05) is 18.2 Å². The molecule has 1 aliphatic rings. The zero-order valence-corrected chi connectivity index (χ0v) is 11.7. The van der Waals surface area contributed by atoms with Crippen LogP contribution in [0.1, 0.15) is 24.8 Å². The van der Waals surface area contributed by atoms with Crippen LogP contribution in [0.25, 0.3) is 0 Å². The highest BCUT2D eigenvalue weighted by Gasteiger charge is 2.42. The summed E-state index contributed by atoms with van der Waals surface area (Å²) in [6, 6.07) is 5.60. The summed E-state index contributed by atoms with van der Waals surface area (Å²) in [4.78, 5) is 0. The van der Waals surface area contributed by atoms with Crippen LogP contribution in [0.4, 0.5) is 0 Å². The van der Waals surface area contributed by atoms with E-state index in [1.165, 1.54) is 6.42 Å². The van der Waals surface area contributed by atoms with E-state index in [0.29, 0.717) is 5.02 Å². The van der Waals surface area contributed by atoms with Crippen molar-refractivity contribution in [2.75, 3.05) is 14.2 Å². The third-order valence-corrected chi connectivity index (χ3v) is 4.20. The first-order chi connectivity index (χ1) is 8.61. The monoisotopic (exact) mass is 269 g/mol. The van der Waals surface area contributed by atoms with E-state index in [2.05, 4.69) is 0 Å². The summed E-state index contributed by atoms with van der Waals surface area (Å²) in [6.07, 6.45) is 3.98. The molecule has 18 heavy (non-hydrogen) atoms. The lowest BCUT2D eigenvalue weighted by Gasteiger charge is -2.45. The lowest BCUT2D eigenvalue weighted by atomic mass is 9.73. The molecule has 0 radical (unpaired) electrons. The molecular weight excluding hydrogens is 250 g/mol. The van der Waals surface area contributed by atoms with Crippen molar-refractivity contribution in [3.8, 4) is 5.75 Å². The number of benzene rings is 1. The summed E-state index contributed by atoms with van der Waals surface area (Å²) in [5.41, 5.74) is 7.19. The van der Waals surface area contributed by atoms with Crippen LogP contribution in [0.15, 0.2) is 18.2 Å². The smallest absolute Gasteiger partial charge is 0.122 e. The number of ether oxygens (including phenoxy) is 2. The van der Waals surface area contributed by atoms with Crippen molar-refractivity contribution >= 4 is 11.6 Å². The summed E-state index contributed by atoms with van der Waals surface area (Å²) < 4.78 is 11.0. The highest BCUT2D eigenvalue weighted by atomic mass is 35.5. The van der Waals surface area contributed by atoms with E-state index in [0.717, 1.165) is 30.6 Å². The maximum atomic E-state index is 6.31. The maximum absolute atomic E-state index is 6.31. The standard InChI is InChI=1S/C14H20ClNO2/c1-17-12-5-4-11(15)8-10(12)9-13(16)14(18-2)6-3-7-14/h4-5,8,13H,3,6-7,9,16H2,1-2H3. The van der Waals surface area contributed by atoms with Crippen LogP contribution in [0.5, 0.6) is 5.75 Å². The minimum Gasteiger partial charge on any atom is -0.496 e. The van der Waals surface area contributed by atoms with Gasteiger partial charge < -0.3 is 15.2 Å². The predicted molar refractivity (Wildman–Crippen MR) is 73.3 cm³/mol. The number of methoxy groups -OCH3 is 2. The second-order valence-corrected chi connectivity index (χ2v) is 5.33. The third-order valence-electron chi connectivity index (χ3n) is 3.96. The van der Waals surface area contributed by atoms with Crippen molar-refractivity contribution in [3.63, 3.8) is 0 Å². The Morgan fingerprint density at radius 3 is 2.61 bits per heavy atom. The largest absolute Gasteiger partial charge is 0.496 e. The molecule has 0 bridgehead atoms. The molecule has 1 aliphatic carbocycles. The molecule has 1 atom stereocenters. The molecular formula is C14H20ClNO2. The Morgan fingerprint density at radius 2 is 2.11 bits per heavy atom. The van der Waals surface area contributed by atoms with Gasteiger partial charge in [-0.15, -0.1) is 0 Å². The van der Waals surface area contributed by atoms with E-state index in [9.17, 15) is 0 Å². The Morgan fingerprint density at radius 1 is 1.39 bits per heavy atom. The second kappa shape index (κ2) is 5.47. The summed E-state index contributed by atoms with van der Waals surface area (Å²) in [5.74, 6) is 0.834. The molecule has 0 saturated heterocycles. The highest BCUT2D eigenvalue weighted by Crippen LogP contribution is 2.39. The molecule has 3 nitrogen and oxygen atoms in total. The van der Waals surface area contributed by atoms with Gasteiger partial charge in [0, 0.05) is 18.2 Å². The molecule has 0 aromatic heterocycles. The van der Waals surface area contributed by atoms with Crippen LogP contribution in [-0.4, -0.2) is 25.9 Å². The fourth-order valence-electron chi connectivity index (χ4n) is 2.58. The molecule has 1 unspecified atom stereocenters. The molecule has 0 aliphatic heterocycles. The first kappa shape index (κ1) is 13.7. The molecule has 1 aromatic carbocycles. The van der Waals surface area contributed by atoms with Gasteiger partial charge in [0.1, 0.15) is 5.75 Å². The molecule has 0 spiro atoms. The lowest BCUT2D eigenvalue weighted by Crippen LogP contribution is -2.55. The van der Waals surface area contributed by atoms with Crippen molar-refractivity contribution in [1.29, 1.82) is 0 Å². The van der Waals surface area contributed by atoms with Gasteiger partial charge in [0.2, 0.25) is 0 Å². The summed E-state index contributed by atoms with van der Waals surface area (Å²) in [5, 5.41) is 0.707. The Hall–Kier alpha value is -0.770. The molecule has 0 heterocycles. The Bertz CT molecular complexity index is 413. The number of hydrogen-bond donors (Lipinski definition) is 1. The topological polar surface area (TPSA) is 44.5 Å². The zero-order chi connectivity index (χ0) is 13.2. The minimum atomic E-state index is -0.159. The molecule has 1 aromatic rings. The van der Waals surface area contributed by atoms with Crippen LogP contribution >= 0.6 is 11.6 Å². The molecule has 4 heteroatoms. The zero-order valence-electron chi connectivity index (χ0n) is 10.9. The number of nitrogens with two attached hydrogens (primary N) is 1. The fraction of sp³-hybridized carbons (Fsp3) is 0.571. The van der Waals surface area contributed by atoms with Crippen LogP contribution in [0, 0.1) is 0 Å². The molecule has 1 fully saturated rings. The summed E-state index contributed by atoms with van der Waals surface area (Å²) >= 11 is 6.03. The number of halogens is 1. The minimum absolute atomic E-state index is 0.0244. The van der Waals surface area contributed by atoms with Gasteiger partial charge in [-0.1, -0.05) is 11.6 Å². The number of rotatable bonds is 5. The van der Waals surface area contributed by atoms with Gasteiger partial charge in [0.15, 0.2) is 0 Å². The maximum Gasteiger partial charge on any atom is 0.122 e. The molecule has 0 amide bonds. The van der Waals surface area contributed by atoms with E-state index < -0.39 is 0 Å². The summed E-state index contributed by atoms with van der Waals surface area (Å²) in [7, 11) is 3.40. The van der Waals surface area contributed by atoms with Crippen molar-refractivity contribution in [2.45, 2.75) is 37.3 Å². The van der Waals surface area contributed by atoms with Gasteiger partial charge in [-0.25, -0.2) is 0 Å². The van der Waals surface area contributed by atoms with E-state index in [4.69, 9.17) is 26.8 Å². The van der Waals surface area contributed by atoms with Crippen molar-refractivity contribution < 1.29 is 9.47 Å². The summed E-state index contributed by atoms with van der Waals surface area (Å²) in [6.45, 7) is 0. The van der Waals surface area contributed by atoms with Crippen molar-refractivity contribution in [3.05, 3.63) is 28.8 Å². The van der Waals surface area contributed by atoms with E-state index in [-0.39, 0.29) is 11.6 Å². The van der Waals surface area contributed by atoms with Gasteiger partial charge in [-0.2, -0.15) is 0 Å². The van der Waals surface area contributed by atoms with Crippen LogP contribution in [-0.2, 0) is 11.2 Å². The predicted octanol–water partition coefficient (Wildman–Crippen LogP) is 2.79. The second-order valence-electron chi connectivity index (χ2n) is 4.89. The molecule has 2 rings (SSSR count). The van der Waals surface area contributed by atoms with E-state index in [1.54, 1.807) is 14.2 Å². The SMILES string of the molecule is COc1ccc(Cl)cc1CC(N)C1(OC)CCC1. The average Bonchev–Trinajstić information content (AvgIpc) is 2.28. The van der Waals surface area contributed by atoms with Crippen LogP contribution < -0.4 is 10.5 Å². The fourth-order valence-corrected chi connectivity index (χ4v) is 2.78. The van der Waals surface area contributed by atoms with Crippen LogP contribution in [0.2, 0.25) is 5.02 Å². The van der Waals surface area contributed by atoms with Gasteiger partial charge in [0.25, 0.3) is 0 Å². The van der Waals surface area contributed by atoms with Crippen molar-refractivity contribution in [1.82, 2.24) is 0 Å². The highest BCUT2D eigenvalue weighted by molar-refractivity contribution is 6.30. The Balaban J connectivity index is 2.15. The van der Waals surface area contributed by atoms with Gasteiger partial charge in [-0.3, -0.25) is 0 Å². The molecule has 2 N–H and O–H groups in total. The lowest BCUT2D eigenvalue weighted by molar-refractivity contribution is -0.0897. The number of hydrogen-bond acceptors (Lipinski definition) is 3. The Kier molecular flexibility index (Phi) is 4.15. The first-order valence-corrected chi connectivity index (χ1v) is 6.62. The van der Waals surface area contributed by atoms with Gasteiger partial charge >= 0.3 is 0 Å². The molecule has 100 valence electrons. The van der Waals surface area contributed by atoms with Crippen molar-refractivity contribution in [2.24, 2.45) is 5.73 Å². The Labute approximate surface area is 113 Å². The molecule has 1 saturated carbocycles. The normalized spacial score (nSPS) is 19.1.